The van der Waals surface area contributed by atoms with E-state index in [9.17, 15) is 4.79 Å². The summed E-state index contributed by atoms with van der Waals surface area (Å²) < 4.78 is 0. The molecule has 5 heteroatoms. The van der Waals surface area contributed by atoms with Crippen LogP contribution in [0.15, 0.2) is 36.9 Å². The normalized spacial score (nSPS) is 22.1. The van der Waals surface area contributed by atoms with Crippen molar-refractivity contribution < 1.29 is 4.79 Å². The molecule has 0 unspecified atom stereocenters. The first-order chi connectivity index (χ1) is 8.34. The Morgan fingerprint density at radius 2 is 2.41 bits per heavy atom. The van der Waals surface area contributed by atoms with Crippen molar-refractivity contribution in [2.45, 2.75) is 12.3 Å². The molecule has 2 aromatic rings. The second kappa shape index (κ2) is 4.01. The van der Waals surface area contributed by atoms with Crippen LogP contribution in [0.3, 0.4) is 0 Å². The van der Waals surface area contributed by atoms with Gasteiger partial charge in [0, 0.05) is 24.5 Å². The average molecular weight is 228 g/mol. The van der Waals surface area contributed by atoms with Crippen LogP contribution in [0.1, 0.15) is 17.9 Å². The fourth-order valence-corrected chi connectivity index (χ4v) is 2.00. The quantitative estimate of drug-likeness (QED) is 0.837. The summed E-state index contributed by atoms with van der Waals surface area (Å²) in [6.07, 6.45) is 7.73. The molecular weight excluding hydrogens is 216 g/mol. The van der Waals surface area contributed by atoms with E-state index in [4.69, 9.17) is 0 Å². The number of hydrogen-bond donors (Lipinski definition) is 2. The van der Waals surface area contributed by atoms with E-state index in [1.54, 1.807) is 18.6 Å². The molecule has 0 aromatic carbocycles. The lowest BCUT2D eigenvalue weighted by molar-refractivity contribution is -0.117. The number of nitrogens with zero attached hydrogens (tertiary/aromatic N) is 2. The average Bonchev–Trinajstić information content (AvgIpc) is 3.02. The first-order valence-corrected chi connectivity index (χ1v) is 5.54. The van der Waals surface area contributed by atoms with Crippen LogP contribution in [-0.4, -0.2) is 21.1 Å². The highest BCUT2D eigenvalue weighted by molar-refractivity contribution is 5.94. The summed E-state index contributed by atoms with van der Waals surface area (Å²) in [6, 6.07) is 3.92. The number of carbonyl (C=O) groups is 1. The van der Waals surface area contributed by atoms with Gasteiger partial charge >= 0.3 is 0 Å². The molecule has 1 fully saturated rings. The third-order valence-corrected chi connectivity index (χ3v) is 3.01. The van der Waals surface area contributed by atoms with Crippen LogP contribution in [0.2, 0.25) is 0 Å². The summed E-state index contributed by atoms with van der Waals surface area (Å²) in [5.74, 6) is 0.435. The summed E-state index contributed by atoms with van der Waals surface area (Å²) >= 11 is 0. The van der Waals surface area contributed by atoms with Gasteiger partial charge < -0.3 is 5.32 Å². The zero-order valence-electron chi connectivity index (χ0n) is 9.13. The molecule has 2 N–H and O–H groups in total. The first-order valence-electron chi connectivity index (χ1n) is 5.54. The lowest BCUT2D eigenvalue weighted by atomic mass is 10.1. The molecule has 0 aliphatic heterocycles. The highest BCUT2D eigenvalue weighted by Crippen LogP contribution is 2.47. The molecule has 2 aromatic heterocycles. The van der Waals surface area contributed by atoms with Gasteiger partial charge in [-0.2, -0.15) is 5.10 Å². The molecule has 0 spiro atoms. The molecule has 2 atom stereocenters. The molecule has 1 amide bonds. The zero-order chi connectivity index (χ0) is 11.7. The molecule has 3 rings (SSSR count). The maximum absolute atomic E-state index is 11.9. The zero-order valence-corrected chi connectivity index (χ0v) is 9.13. The van der Waals surface area contributed by atoms with Crippen LogP contribution in [0.25, 0.3) is 0 Å². The molecule has 17 heavy (non-hydrogen) atoms. The van der Waals surface area contributed by atoms with Crippen LogP contribution in [-0.2, 0) is 4.79 Å². The molecule has 0 bridgehead atoms. The predicted molar refractivity (Wildman–Crippen MR) is 62.3 cm³/mol. The number of amides is 1. The fourth-order valence-electron chi connectivity index (χ4n) is 2.00. The van der Waals surface area contributed by atoms with Gasteiger partial charge in [0.1, 0.15) is 0 Å². The van der Waals surface area contributed by atoms with Crippen molar-refractivity contribution in [2.75, 3.05) is 5.32 Å². The summed E-state index contributed by atoms with van der Waals surface area (Å²) in [5, 5.41) is 9.28. The van der Waals surface area contributed by atoms with Gasteiger partial charge in [0.25, 0.3) is 0 Å². The number of aromatic amines is 1. The topological polar surface area (TPSA) is 70.7 Å². The van der Waals surface area contributed by atoms with Crippen molar-refractivity contribution in [3.8, 4) is 0 Å². The SMILES string of the molecule is O=C(Nc1cn[nH]c1)[C@@H]1C[C@H]1c1cccnc1. The van der Waals surface area contributed by atoms with Gasteiger partial charge in [0.2, 0.25) is 5.91 Å². The molecule has 2 heterocycles. The molecule has 0 saturated heterocycles. The smallest absolute Gasteiger partial charge is 0.228 e. The molecule has 0 radical (unpaired) electrons. The number of aromatic nitrogens is 3. The van der Waals surface area contributed by atoms with E-state index < -0.39 is 0 Å². The third kappa shape index (κ3) is 2.04. The minimum Gasteiger partial charge on any atom is -0.323 e. The lowest BCUT2D eigenvalue weighted by Crippen LogP contribution is -2.14. The van der Waals surface area contributed by atoms with Crippen LogP contribution < -0.4 is 5.32 Å². The van der Waals surface area contributed by atoms with Crippen molar-refractivity contribution >= 4 is 11.6 Å². The number of H-pyrrole nitrogens is 1. The van der Waals surface area contributed by atoms with Gasteiger partial charge in [0.05, 0.1) is 11.9 Å². The number of anilines is 1. The Kier molecular flexibility index (Phi) is 2.36. The maximum Gasteiger partial charge on any atom is 0.228 e. The second-order valence-electron chi connectivity index (χ2n) is 4.21. The van der Waals surface area contributed by atoms with Crippen molar-refractivity contribution in [1.82, 2.24) is 15.2 Å². The number of pyridine rings is 1. The van der Waals surface area contributed by atoms with Gasteiger partial charge in [-0.15, -0.1) is 0 Å². The van der Waals surface area contributed by atoms with Gasteiger partial charge in [-0.25, -0.2) is 0 Å². The number of rotatable bonds is 3. The highest BCUT2D eigenvalue weighted by atomic mass is 16.2. The molecule has 1 aliphatic carbocycles. The third-order valence-electron chi connectivity index (χ3n) is 3.01. The monoisotopic (exact) mass is 228 g/mol. The summed E-state index contributed by atoms with van der Waals surface area (Å²) in [7, 11) is 0. The summed E-state index contributed by atoms with van der Waals surface area (Å²) in [4.78, 5) is 16.0. The van der Waals surface area contributed by atoms with Crippen molar-refractivity contribution in [1.29, 1.82) is 0 Å². The summed E-state index contributed by atoms with van der Waals surface area (Å²) in [6.45, 7) is 0. The van der Waals surface area contributed by atoms with E-state index in [0.29, 0.717) is 11.6 Å². The molecule has 1 aliphatic rings. The van der Waals surface area contributed by atoms with Gasteiger partial charge in [-0.05, 0) is 24.0 Å². The van der Waals surface area contributed by atoms with E-state index in [-0.39, 0.29) is 11.8 Å². The predicted octanol–water partition coefficient (Wildman–Crippen LogP) is 1.55. The fraction of sp³-hybridized carbons (Fsp3) is 0.250. The molecular formula is C12H12N4O. The Morgan fingerprint density at radius 3 is 3.12 bits per heavy atom. The molecule has 5 nitrogen and oxygen atoms in total. The Morgan fingerprint density at radius 1 is 1.47 bits per heavy atom. The Balaban J connectivity index is 1.63. The Bertz CT molecular complexity index is 509. The standard InChI is InChI=1S/C12H12N4O/c17-12(16-9-6-14-15-7-9)11-4-10(11)8-2-1-3-13-5-8/h1-3,5-7,10-11H,4H2,(H,14,15)(H,16,17)/t10-,11+/m0/s1. The number of hydrogen-bond acceptors (Lipinski definition) is 3. The summed E-state index contributed by atoms with van der Waals surface area (Å²) in [5.41, 5.74) is 1.85. The number of carbonyl (C=O) groups excluding carboxylic acids is 1. The van der Waals surface area contributed by atoms with Crippen molar-refractivity contribution in [3.63, 3.8) is 0 Å². The van der Waals surface area contributed by atoms with Gasteiger partial charge in [-0.1, -0.05) is 6.07 Å². The molecule has 86 valence electrons. The van der Waals surface area contributed by atoms with E-state index >= 15 is 0 Å². The highest BCUT2D eigenvalue weighted by Gasteiger charge is 2.44. The first kappa shape index (κ1) is 10.0. The van der Waals surface area contributed by atoms with Crippen LogP contribution >= 0.6 is 0 Å². The van der Waals surface area contributed by atoms with Crippen LogP contribution in [0.4, 0.5) is 5.69 Å². The Hall–Kier alpha value is -2.17. The maximum atomic E-state index is 11.9. The lowest BCUT2D eigenvalue weighted by Gasteiger charge is -2.01. The number of nitrogens with one attached hydrogen (secondary N) is 2. The minimum absolute atomic E-state index is 0.0558. The van der Waals surface area contributed by atoms with Crippen LogP contribution in [0.5, 0.6) is 0 Å². The van der Waals surface area contributed by atoms with E-state index in [1.807, 2.05) is 18.3 Å². The van der Waals surface area contributed by atoms with E-state index in [0.717, 1.165) is 12.0 Å². The largest absolute Gasteiger partial charge is 0.323 e. The van der Waals surface area contributed by atoms with Crippen molar-refractivity contribution in [2.24, 2.45) is 5.92 Å². The molecule has 1 saturated carbocycles. The van der Waals surface area contributed by atoms with Gasteiger partial charge in [0.15, 0.2) is 0 Å². The van der Waals surface area contributed by atoms with Crippen LogP contribution in [0, 0.1) is 5.92 Å². The van der Waals surface area contributed by atoms with Gasteiger partial charge in [-0.3, -0.25) is 14.9 Å². The Labute approximate surface area is 98.3 Å². The minimum atomic E-state index is 0.0558. The van der Waals surface area contributed by atoms with E-state index in [1.165, 1.54) is 0 Å². The van der Waals surface area contributed by atoms with Crippen molar-refractivity contribution in [3.05, 3.63) is 42.5 Å². The second-order valence-corrected chi connectivity index (χ2v) is 4.21. The van der Waals surface area contributed by atoms with E-state index in [2.05, 4.69) is 20.5 Å².